The summed E-state index contributed by atoms with van der Waals surface area (Å²) in [4.78, 5) is 7.52. The fraction of sp³-hybridized carbons (Fsp3) is 0.0909. The van der Waals surface area contributed by atoms with Crippen LogP contribution in [0.2, 0.25) is 10.0 Å². The maximum atomic E-state index is 12.2. The highest BCUT2D eigenvalue weighted by molar-refractivity contribution is 9.10. The van der Waals surface area contributed by atoms with Crippen LogP contribution in [-0.2, 0) is 16.6 Å². The predicted molar refractivity (Wildman–Crippen MR) is 80.2 cm³/mol. The van der Waals surface area contributed by atoms with Crippen molar-refractivity contribution in [1.29, 1.82) is 0 Å². The molecule has 2 aromatic rings. The zero-order valence-electron chi connectivity index (χ0n) is 9.85. The summed E-state index contributed by atoms with van der Waals surface area (Å²) in [6, 6.07) is 4.53. The monoisotopic (exact) mass is 395 g/mol. The molecule has 20 heavy (non-hydrogen) atoms. The van der Waals surface area contributed by atoms with E-state index in [1.807, 2.05) is 0 Å². The number of nitrogens with one attached hydrogen (secondary N) is 1. The second-order valence-corrected chi connectivity index (χ2v) is 7.16. The molecule has 0 aliphatic carbocycles. The van der Waals surface area contributed by atoms with Crippen molar-refractivity contribution in [1.82, 2.24) is 14.7 Å². The second kappa shape index (κ2) is 6.36. The van der Waals surface area contributed by atoms with E-state index in [0.717, 1.165) is 0 Å². The number of rotatable bonds is 4. The molecule has 0 fully saturated rings. The van der Waals surface area contributed by atoms with Gasteiger partial charge in [-0.3, -0.25) is 0 Å². The van der Waals surface area contributed by atoms with Crippen LogP contribution in [0.25, 0.3) is 0 Å². The van der Waals surface area contributed by atoms with E-state index in [1.165, 1.54) is 24.7 Å². The highest BCUT2D eigenvalue weighted by atomic mass is 79.9. The van der Waals surface area contributed by atoms with Gasteiger partial charge in [0, 0.05) is 10.7 Å². The molecule has 1 aromatic carbocycles. The summed E-state index contributed by atoms with van der Waals surface area (Å²) >= 11 is 15.1. The third-order valence-corrected chi connectivity index (χ3v) is 5.10. The van der Waals surface area contributed by atoms with Crippen LogP contribution in [0, 0.1) is 0 Å². The van der Waals surface area contributed by atoms with Crippen molar-refractivity contribution in [3.05, 3.63) is 50.9 Å². The number of benzene rings is 1. The molecule has 0 aliphatic rings. The maximum Gasteiger partial charge on any atom is 0.243 e. The van der Waals surface area contributed by atoms with Gasteiger partial charge >= 0.3 is 0 Å². The van der Waals surface area contributed by atoms with E-state index >= 15 is 0 Å². The van der Waals surface area contributed by atoms with Crippen LogP contribution in [-0.4, -0.2) is 18.4 Å². The van der Waals surface area contributed by atoms with Gasteiger partial charge in [0.2, 0.25) is 10.0 Å². The Balaban J connectivity index is 2.28. The molecule has 0 aliphatic heterocycles. The van der Waals surface area contributed by atoms with Crippen LogP contribution in [0.15, 0.2) is 40.1 Å². The van der Waals surface area contributed by atoms with E-state index in [9.17, 15) is 8.42 Å². The van der Waals surface area contributed by atoms with E-state index in [0.29, 0.717) is 10.2 Å². The number of hydrogen-bond donors (Lipinski definition) is 1. The Morgan fingerprint density at radius 3 is 2.45 bits per heavy atom. The first-order valence-corrected chi connectivity index (χ1v) is 8.32. The van der Waals surface area contributed by atoms with Gasteiger partial charge in [-0.2, -0.15) is 0 Å². The minimum absolute atomic E-state index is 0.0214. The molecule has 9 heteroatoms. The van der Waals surface area contributed by atoms with Gasteiger partial charge in [-0.25, -0.2) is 23.1 Å². The van der Waals surface area contributed by atoms with Crippen LogP contribution in [0.4, 0.5) is 0 Å². The molecule has 1 heterocycles. The lowest BCUT2D eigenvalue weighted by molar-refractivity contribution is 0.580. The zero-order chi connectivity index (χ0) is 14.8. The van der Waals surface area contributed by atoms with Gasteiger partial charge in [0.15, 0.2) is 0 Å². The van der Waals surface area contributed by atoms with Gasteiger partial charge < -0.3 is 0 Å². The van der Waals surface area contributed by atoms with Crippen molar-refractivity contribution in [3.8, 4) is 0 Å². The Hall–Kier alpha value is -0.730. The number of hydrogen-bond acceptors (Lipinski definition) is 4. The van der Waals surface area contributed by atoms with Crippen molar-refractivity contribution in [3.63, 3.8) is 0 Å². The number of halogens is 3. The SMILES string of the molecule is O=S(=O)(NCc1ccncn1)c1c(Cl)cc(Br)cc1Cl. The molecule has 0 atom stereocenters. The quantitative estimate of drug-likeness (QED) is 0.861. The second-order valence-electron chi connectivity index (χ2n) is 3.72. The molecule has 0 unspecified atom stereocenters. The fourth-order valence-corrected chi connectivity index (χ4v) is 4.38. The Morgan fingerprint density at radius 1 is 1.25 bits per heavy atom. The molecular weight excluding hydrogens is 389 g/mol. The number of aromatic nitrogens is 2. The third-order valence-electron chi connectivity index (χ3n) is 2.32. The summed E-state index contributed by atoms with van der Waals surface area (Å²) in [7, 11) is -3.83. The first-order valence-electron chi connectivity index (χ1n) is 5.29. The molecule has 2 rings (SSSR count). The standard InChI is InChI=1S/C11H8BrCl2N3O2S/c12-7-3-9(13)11(10(14)4-7)20(18,19)17-5-8-1-2-15-6-16-8/h1-4,6,17H,5H2. The minimum atomic E-state index is -3.83. The van der Waals surface area contributed by atoms with Crippen molar-refractivity contribution in [2.24, 2.45) is 0 Å². The van der Waals surface area contributed by atoms with E-state index < -0.39 is 10.0 Å². The molecular formula is C11H8BrCl2N3O2S. The lowest BCUT2D eigenvalue weighted by atomic mass is 10.4. The Kier molecular flexibility index (Phi) is 4.98. The Bertz CT molecular complexity index is 703. The van der Waals surface area contributed by atoms with Crippen molar-refractivity contribution in [2.45, 2.75) is 11.4 Å². The summed E-state index contributed by atoms with van der Waals surface area (Å²) in [5.74, 6) is 0. The molecule has 0 radical (unpaired) electrons. The lowest BCUT2D eigenvalue weighted by Gasteiger charge is -2.10. The molecule has 0 saturated carbocycles. The molecule has 0 bridgehead atoms. The molecule has 0 spiro atoms. The van der Waals surface area contributed by atoms with Gasteiger partial charge in [-0.15, -0.1) is 0 Å². The van der Waals surface area contributed by atoms with Crippen molar-refractivity contribution < 1.29 is 8.42 Å². The van der Waals surface area contributed by atoms with Crippen LogP contribution in [0.1, 0.15) is 5.69 Å². The van der Waals surface area contributed by atoms with Gasteiger partial charge in [0.1, 0.15) is 11.2 Å². The molecule has 106 valence electrons. The van der Waals surface area contributed by atoms with E-state index in [2.05, 4.69) is 30.6 Å². The summed E-state index contributed by atoms with van der Waals surface area (Å²) < 4.78 is 27.4. The summed E-state index contributed by atoms with van der Waals surface area (Å²) in [5, 5.41) is 0.0825. The molecule has 5 nitrogen and oxygen atoms in total. The maximum absolute atomic E-state index is 12.2. The van der Waals surface area contributed by atoms with Crippen LogP contribution < -0.4 is 4.72 Å². The predicted octanol–water partition coefficient (Wildman–Crippen LogP) is 3.02. The van der Waals surface area contributed by atoms with Crippen molar-refractivity contribution in [2.75, 3.05) is 0 Å². The molecule has 1 N–H and O–H groups in total. The smallest absolute Gasteiger partial charge is 0.243 e. The first kappa shape index (κ1) is 15.7. The van der Waals surface area contributed by atoms with E-state index in [1.54, 1.807) is 6.07 Å². The molecule has 0 saturated heterocycles. The van der Waals surface area contributed by atoms with Gasteiger partial charge in [0.05, 0.1) is 22.3 Å². The lowest BCUT2D eigenvalue weighted by Crippen LogP contribution is -2.24. The summed E-state index contributed by atoms with van der Waals surface area (Å²) in [6.07, 6.45) is 2.86. The number of sulfonamides is 1. The van der Waals surface area contributed by atoms with E-state index in [4.69, 9.17) is 23.2 Å². The van der Waals surface area contributed by atoms with E-state index in [-0.39, 0.29) is 21.5 Å². The highest BCUT2D eigenvalue weighted by Gasteiger charge is 2.22. The van der Waals surface area contributed by atoms with Crippen LogP contribution in [0.5, 0.6) is 0 Å². The third kappa shape index (κ3) is 3.67. The first-order chi connectivity index (χ1) is 9.40. The Labute approximate surface area is 134 Å². The highest BCUT2D eigenvalue weighted by Crippen LogP contribution is 2.32. The Morgan fingerprint density at radius 2 is 1.90 bits per heavy atom. The van der Waals surface area contributed by atoms with Crippen molar-refractivity contribution >= 4 is 49.2 Å². The molecule has 1 aromatic heterocycles. The van der Waals surface area contributed by atoms with Crippen LogP contribution >= 0.6 is 39.1 Å². The minimum Gasteiger partial charge on any atom is -0.245 e. The average Bonchev–Trinajstić information content (AvgIpc) is 2.36. The van der Waals surface area contributed by atoms with Gasteiger partial charge in [-0.05, 0) is 18.2 Å². The largest absolute Gasteiger partial charge is 0.245 e. The van der Waals surface area contributed by atoms with Gasteiger partial charge in [0.25, 0.3) is 0 Å². The topological polar surface area (TPSA) is 72.0 Å². The zero-order valence-corrected chi connectivity index (χ0v) is 13.8. The summed E-state index contributed by atoms with van der Waals surface area (Å²) in [6.45, 7) is 0.0214. The normalized spacial score (nSPS) is 11.6. The average molecular weight is 397 g/mol. The fourth-order valence-electron chi connectivity index (χ4n) is 1.45. The van der Waals surface area contributed by atoms with Gasteiger partial charge in [-0.1, -0.05) is 39.1 Å². The number of nitrogens with zero attached hydrogens (tertiary/aromatic N) is 2. The summed E-state index contributed by atoms with van der Waals surface area (Å²) in [5.41, 5.74) is 0.535. The molecule has 0 amide bonds. The van der Waals surface area contributed by atoms with Crippen LogP contribution in [0.3, 0.4) is 0 Å².